The molecule has 1 aliphatic heterocycles. The van der Waals surface area contributed by atoms with Gasteiger partial charge in [-0.2, -0.15) is 0 Å². The lowest BCUT2D eigenvalue weighted by Crippen LogP contribution is -2.40. The summed E-state index contributed by atoms with van der Waals surface area (Å²) in [7, 11) is 0. The molecule has 68 valence electrons. The minimum absolute atomic E-state index is 0.274. The zero-order chi connectivity index (χ0) is 8.55. The first-order valence-corrected chi connectivity index (χ1v) is 4.78. The predicted octanol–water partition coefficient (Wildman–Crippen LogP) is 0.120. The van der Waals surface area contributed by atoms with E-state index in [0.29, 0.717) is 17.9 Å². The van der Waals surface area contributed by atoms with Crippen LogP contribution < -0.4 is 10.6 Å². The van der Waals surface area contributed by atoms with Crippen molar-refractivity contribution >= 4 is 5.91 Å². The molecule has 0 aromatic carbocycles. The van der Waals surface area contributed by atoms with Crippen LogP contribution in [0.4, 0.5) is 0 Å². The molecule has 3 nitrogen and oxygen atoms in total. The maximum Gasteiger partial charge on any atom is 0.223 e. The standard InChI is InChI=1S/C9H16N2O/c1-6-4-10-5-8(6)11-9(12)7-2-3-7/h6-8,10H,2-5H2,1H3,(H,11,12). The summed E-state index contributed by atoms with van der Waals surface area (Å²) in [6.07, 6.45) is 2.20. The molecule has 1 amide bonds. The summed E-state index contributed by atoms with van der Waals surface area (Å²) >= 11 is 0. The van der Waals surface area contributed by atoms with Crippen molar-refractivity contribution in [2.24, 2.45) is 11.8 Å². The van der Waals surface area contributed by atoms with Crippen molar-refractivity contribution in [1.82, 2.24) is 10.6 Å². The Bertz CT molecular complexity index is 189. The van der Waals surface area contributed by atoms with Gasteiger partial charge in [0.05, 0.1) is 0 Å². The highest BCUT2D eigenvalue weighted by Crippen LogP contribution is 2.29. The Labute approximate surface area is 72.9 Å². The van der Waals surface area contributed by atoms with Gasteiger partial charge in [-0.3, -0.25) is 4.79 Å². The van der Waals surface area contributed by atoms with Crippen molar-refractivity contribution in [3.05, 3.63) is 0 Å². The van der Waals surface area contributed by atoms with Gasteiger partial charge in [-0.25, -0.2) is 0 Å². The zero-order valence-corrected chi connectivity index (χ0v) is 7.47. The van der Waals surface area contributed by atoms with Crippen LogP contribution >= 0.6 is 0 Å². The minimum Gasteiger partial charge on any atom is -0.352 e. The Morgan fingerprint density at radius 2 is 2.17 bits per heavy atom. The highest BCUT2D eigenvalue weighted by Gasteiger charge is 2.33. The molecule has 0 aromatic heterocycles. The molecule has 2 aliphatic rings. The molecule has 2 fully saturated rings. The second kappa shape index (κ2) is 3.05. The molecule has 2 atom stereocenters. The number of amides is 1. The lowest BCUT2D eigenvalue weighted by Gasteiger charge is -2.15. The van der Waals surface area contributed by atoms with E-state index in [1.54, 1.807) is 0 Å². The summed E-state index contributed by atoms with van der Waals surface area (Å²) in [4.78, 5) is 11.4. The van der Waals surface area contributed by atoms with E-state index in [9.17, 15) is 4.79 Å². The summed E-state index contributed by atoms with van der Waals surface area (Å²) in [5, 5.41) is 6.36. The number of rotatable bonds is 2. The maximum atomic E-state index is 11.4. The second-order valence-corrected chi connectivity index (χ2v) is 4.02. The van der Waals surface area contributed by atoms with Gasteiger partial charge in [0.15, 0.2) is 0 Å². The third kappa shape index (κ3) is 1.61. The molecule has 1 saturated heterocycles. The van der Waals surface area contributed by atoms with Gasteiger partial charge < -0.3 is 10.6 Å². The summed E-state index contributed by atoms with van der Waals surface area (Å²) in [5.74, 6) is 1.21. The van der Waals surface area contributed by atoms with Crippen molar-refractivity contribution in [2.75, 3.05) is 13.1 Å². The van der Waals surface area contributed by atoms with E-state index in [1.165, 1.54) is 0 Å². The fraction of sp³-hybridized carbons (Fsp3) is 0.889. The van der Waals surface area contributed by atoms with Gasteiger partial charge in [0, 0.05) is 18.5 Å². The first-order chi connectivity index (χ1) is 5.77. The van der Waals surface area contributed by atoms with Gasteiger partial charge in [0.25, 0.3) is 0 Å². The van der Waals surface area contributed by atoms with Crippen molar-refractivity contribution in [1.29, 1.82) is 0 Å². The van der Waals surface area contributed by atoms with Gasteiger partial charge in [-0.15, -0.1) is 0 Å². The van der Waals surface area contributed by atoms with Crippen LogP contribution in [0.15, 0.2) is 0 Å². The number of nitrogens with one attached hydrogen (secondary N) is 2. The molecule has 0 aromatic rings. The molecule has 1 aliphatic carbocycles. The van der Waals surface area contributed by atoms with Gasteiger partial charge in [-0.1, -0.05) is 6.92 Å². The summed E-state index contributed by atoms with van der Waals surface area (Å²) < 4.78 is 0. The minimum atomic E-state index is 0.274. The average molecular weight is 168 g/mol. The van der Waals surface area contributed by atoms with E-state index in [1.807, 2.05) is 0 Å². The third-order valence-corrected chi connectivity index (χ3v) is 2.79. The lowest BCUT2D eigenvalue weighted by molar-refractivity contribution is -0.123. The maximum absolute atomic E-state index is 11.4. The average Bonchev–Trinajstić information content (AvgIpc) is 2.80. The largest absolute Gasteiger partial charge is 0.352 e. The molecule has 1 heterocycles. The van der Waals surface area contributed by atoms with Crippen LogP contribution in [-0.4, -0.2) is 25.0 Å². The lowest BCUT2D eigenvalue weighted by atomic mass is 10.1. The molecule has 2 unspecified atom stereocenters. The van der Waals surface area contributed by atoms with Gasteiger partial charge >= 0.3 is 0 Å². The highest BCUT2D eigenvalue weighted by molar-refractivity contribution is 5.81. The van der Waals surface area contributed by atoms with Gasteiger partial charge in [0.2, 0.25) is 5.91 Å². The number of hydrogen-bond donors (Lipinski definition) is 2. The van der Waals surface area contributed by atoms with E-state index >= 15 is 0 Å². The van der Waals surface area contributed by atoms with Crippen molar-refractivity contribution in [3.63, 3.8) is 0 Å². The van der Waals surface area contributed by atoms with Crippen LogP contribution in [-0.2, 0) is 4.79 Å². The molecule has 2 rings (SSSR count). The van der Waals surface area contributed by atoms with Crippen LogP contribution in [0.1, 0.15) is 19.8 Å². The van der Waals surface area contributed by atoms with E-state index in [-0.39, 0.29) is 5.91 Å². The SMILES string of the molecule is CC1CNCC1NC(=O)C1CC1. The smallest absolute Gasteiger partial charge is 0.223 e. The topological polar surface area (TPSA) is 41.1 Å². The molecule has 0 radical (unpaired) electrons. The monoisotopic (exact) mass is 168 g/mol. The third-order valence-electron chi connectivity index (χ3n) is 2.79. The van der Waals surface area contributed by atoms with Crippen LogP contribution in [0, 0.1) is 11.8 Å². The Kier molecular flexibility index (Phi) is 2.05. The number of carbonyl (C=O) groups is 1. The molecular formula is C9H16N2O. The van der Waals surface area contributed by atoms with Crippen LogP contribution in [0.2, 0.25) is 0 Å². The normalized spacial score (nSPS) is 35.1. The summed E-state index contributed by atoms with van der Waals surface area (Å²) in [6.45, 7) is 4.16. The Morgan fingerprint density at radius 1 is 1.42 bits per heavy atom. The molecule has 0 bridgehead atoms. The zero-order valence-electron chi connectivity index (χ0n) is 7.47. The Hall–Kier alpha value is -0.570. The number of carbonyl (C=O) groups excluding carboxylic acids is 1. The molecule has 1 saturated carbocycles. The molecule has 3 heteroatoms. The Morgan fingerprint density at radius 3 is 2.67 bits per heavy atom. The second-order valence-electron chi connectivity index (χ2n) is 4.02. The fourth-order valence-electron chi connectivity index (χ4n) is 1.65. The Balaban J connectivity index is 1.80. The summed E-state index contributed by atoms with van der Waals surface area (Å²) in [6, 6.07) is 0.373. The predicted molar refractivity (Wildman–Crippen MR) is 46.7 cm³/mol. The molecule has 0 spiro atoms. The van der Waals surface area contributed by atoms with Gasteiger partial charge in [-0.05, 0) is 25.3 Å². The van der Waals surface area contributed by atoms with E-state index in [4.69, 9.17) is 0 Å². The first kappa shape index (κ1) is 8.05. The molecular weight excluding hydrogens is 152 g/mol. The van der Waals surface area contributed by atoms with Crippen LogP contribution in [0.25, 0.3) is 0 Å². The first-order valence-electron chi connectivity index (χ1n) is 4.78. The number of hydrogen-bond acceptors (Lipinski definition) is 2. The van der Waals surface area contributed by atoms with E-state index in [2.05, 4.69) is 17.6 Å². The highest BCUT2D eigenvalue weighted by atomic mass is 16.2. The van der Waals surface area contributed by atoms with Gasteiger partial charge in [0.1, 0.15) is 0 Å². The van der Waals surface area contributed by atoms with Crippen molar-refractivity contribution in [2.45, 2.75) is 25.8 Å². The summed E-state index contributed by atoms with van der Waals surface area (Å²) in [5.41, 5.74) is 0. The van der Waals surface area contributed by atoms with Crippen molar-refractivity contribution < 1.29 is 4.79 Å². The molecule has 2 N–H and O–H groups in total. The van der Waals surface area contributed by atoms with Crippen LogP contribution in [0.3, 0.4) is 0 Å². The van der Waals surface area contributed by atoms with E-state index in [0.717, 1.165) is 25.9 Å². The van der Waals surface area contributed by atoms with Crippen molar-refractivity contribution in [3.8, 4) is 0 Å². The quantitative estimate of drug-likeness (QED) is 0.615. The van der Waals surface area contributed by atoms with Crippen LogP contribution in [0.5, 0.6) is 0 Å². The molecule has 12 heavy (non-hydrogen) atoms. The fourth-order valence-corrected chi connectivity index (χ4v) is 1.65. The van der Waals surface area contributed by atoms with E-state index < -0.39 is 0 Å².